The van der Waals surface area contributed by atoms with Gasteiger partial charge in [-0.15, -0.1) is 0 Å². The summed E-state index contributed by atoms with van der Waals surface area (Å²) in [5.74, 6) is 0.114. The zero-order valence-corrected chi connectivity index (χ0v) is 24.3. The molecule has 206 valence electrons. The van der Waals surface area contributed by atoms with E-state index in [-0.39, 0.29) is 11.7 Å². The summed E-state index contributed by atoms with van der Waals surface area (Å²) in [5, 5.41) is 4.28. The Labute approximate surface area is 240 Å². The lowest BCUT2D eigenvalue weighted by Crippen LogP contribution is -2.23. The minimum absolute atomic E-state index is 0.111. The van der Waals surface area contributed by atoms with Gasteiger partial charge in [-0.25, -0.2) is 0 Å². The Hall–Kier alpha value is -3.72. The normalized spacial score (nSPS) is 17.0. The molecule has 2 aliphatic rings. The molecule has 1 aromatic heterocycles. The number of rotatable bonds is 11. The molecule has 2 aromatic carbocycles. The first-order valence-corrected chi connectivity index (χ1v) is 15.1. The molecule has 5 rings (SSSR count). The molecular weight excluding hydrogens is 488 g/mol. The van der Waals surface area contributed by atoms with Crippen molar-refractivity contribution in [3.05, 3.63) is 119 Å². The fourth-order valence-electron chi connectivity index (χ4n) is 6.02. The largest absolute Gasteiger partial charge is 0.293 e. The summed E-state index contributed by atoms with van der Waals surface area (Å²) < 4.78 is 1.87. The second kappa shape index (κ2) is 13.1. The Kier molecular flexibility index (Phi) is 9.11. The number of carbonyl (C=O) groups excluding carboxylic acids is 1. The summed E-state index contributed by atoms with van der Waals surface area (Å²) in [4.78, 5) is 13.8. The van der Waals surface area contributed by atoms with E-state index in [0.717, 1.165) is 41.7 Å². The lowest BCUT2D eigenvalue weighted by atomic mass is 9.76. The van der Waals surface area contributed by atoms with E-state index in [1.165, 1.54) is 66.4 Å². The number of nitrogens with zero attached hydrogens (tertiary/aromatic N) is 2. The maximum Gasteiger partial charge on any atom is 0.170 e. The Morgan fingerprint density at radius 1 is 0.825 bits per heavy atom. The molecule has 3 nitrogen and oxygen atoms in total. The monoisotopic (exact) mass is 530 g/mol. The van der Waals surface area contributed by atoms with Gasteiger partial charge in [0.2, 0.25) is 0 Å². The molecule has 3 aromatic rings. The van der Waals surface area contributed by atoms with Crippen molar-refractivity contribution in [1.29, 1.82) is 0 Å². The molecule has 0 radical (unpaired) electrons. The van der Waals surface area contributed by atoms with Gasteiger partial charge in [0.1, 0.15) is 0 Å². The van der Waals surface area contributed by atoms with Gasteiger partial charge in [0, 0.05) is 24.7 Å². The molecule has 0 fully saturated rings. The number of allylic oxidation sites excluding steroid dienone is 8. The average molecular weight is 531 g/mol. The van der Waals surface area contributed by atoms with Crippen LogP contribution in [0.5, 0.6) is 0 Å². The van der Waals surface area contributed by atoms with E-state index in [0.29, 0.717) is 0 Å². The molecule has 0 aliphatic heterocycles. The van der Waals surface area contributed by atoms with Gasteiger partial charge in [0.25, 0.3) is 0 Å². The highest BCUT2D eigenvalue weighted by Crippen LogP contribution is 2.39. The van der Waals surface area contributed by atoms with Gasteiger partial charge in [-0.05, 0) is 83.2 Å². The maximum absolute atomic E-state index is 13.8. The van der Waals surface area contributed by atoms with E-state index in [1.54, 1.807) is 0 Å². The van der Waals surface area contributed by atoms with Gasteiger partial charge in [-0.2, -0.15) is 5.10 Å². The highest BCUT2D eigenvalue weighted by atomic mass is 16.1. The first kappa shape index (κ1) is 27.8. The predicted molar refractivity (Wildman–Crippen MR) is 167 cm³/mol. The standard InChI is InChI=1S/C37H42N2O/c1-4-6-7-8-9-11-27-14-16-28(17-15-27)24-29-12-10-13-32-26-35(37(40)33(5-2)34(32)25-29)30-18-20-31(21-19-30)36-22-23-38-39(36)3/h12-23,25-26,33H,4-11,24H2,1-3H3. The second-order valence-corrected chi connectivity index (χ2v) is 11.2. The topological polar surface area (TPSA) is 34.9 Å². The summed E-state index contributed by atoms with van der Waals surface area (Å²) in [6.45, 7) is 4.40. The SMILES string of the molecule is CCCCCCCc1ccc(CC2=CCC=C3C=C(c4ccc(-c5ccnn5C)cc4)C(=O)C(CC)C3=C2)cc1. The summed E-state index contributed by atoms with van der Waals surface area (Å²) in [6, 6.07) is 19.5. The molecule has 3 heteroatoms. The van der Waals surface area contributed by atoms with Crippen LogP contribution in [0.25, 0.3) is 16.8 Å². The molecule has 1 atom stereocenters. The van der Waals surface area contributed by atoms with E-state index in [4.69, 9.17) is 0 Å². The van der Waals surface area contributed by atoms with Crippen molar-refractivity contribution in [2.24, 2.45) is 13.0 Å². The van der Waals surface area contributed by atoms with Crippen molar-refractivity contribution in [3.8, 4) is 11.3 Å². The lowest BCUT2D eigenvalue weighted by molar-refractivity contribution is -0.116. The molecule has 0 saturated heterocycles. The maximum atomic E-state index is 13.8. The van der Waals surface area contributed by atoms with Crippen LogP contribution in [0.4, 0.5) is 0 Å². The first-order chi connectivity index (χ1) is 19.6. The van der Waals surface area contributed by atoms with Crippen molar-refractivity contribution in [1.82, 2.24) is 9.78 Å². The minimum atomic E-state index is -0.111. The van der Waals surface area contributed by atoms with E-state index >= 15 is 0 Å². The molecule has 40 heavy (non-hydrogen) atoms. The second-order valence-electron chi connectivity index (χ2n) is 11.2. The van der Waals surface area contributed by atoms with Crippen molar-refractivity contribution in [2.45, 2.75) is 71.6 Å². The van der Waals surface area contributed by atoms with Crippen LogP contribution in [0.15, 0.2) is 102 Å². The fraction of sp³-hybridized carbons (Fsp3) is 0.351. The van der Waals surface area contributed by atoms with Gasteiger partial charge in [-0.1, -0.05) is 106 Å². The Bertz CT molecular complexity index is 1440. The van der Waals surface area contributed by atoms with Crippen LogP contribution in [-0.4, -0.2) is 15.6 Å². The summed E-state index contributed by atoms with van der Waals surface area (Å²) in [5.41, 5.74) is 10.4. The van der Waals surface area contributed by atoms with Crippen LogP contribution in [0.3, 0.4) is 0 Å². The smallest absolute Gasteiger partial charge is 0.170 e. The van der Waals surface area contributed by atoms with Gasteiger partial charge < -0.3 is 0 Å². The van der Waals surface area contributed by atoms with Gasteiger partial charge in [0.15, 0.2) is 5.78 Å². The summed E-state index contributed by atoms with van der Waals surface area (Å²) in [7, 11) is 1.95. The predicted octanol–water partition coefficient (Wildman–Crippen LogP) is 9.02. The highest BCUT2D eigenvalue weighted by molar-refractivity contribution is 6.25. The molecule has 1 heterocycles. The third kappa shape index (κ3) is 6.36. The number of hydrogen-bond donors (Lipinski definition) is 0. The zero-order chi connectivity index (χ0) is 27.9. The molecular formula is C37H42N2O. The highest BCUT2D eigenvalue weighted by Gasteiger charge is 2.31. The fourth-order valence-corrected chi connectivity index (χ4v) is 6.02. The quantitative estimate of drug-likeness (QED) is 0.232. The Morgan fingerprint density at radius 3 is 2.25 bits per heavy atom. The Balaban J connectivity index is 1.30. The van der Waals surface area contributed by atoms with Gasteiger partial charge in [0.05, 0.1) is 5.69 Å². The van der Waals surface area contributed by atoms with Gasteiger partial charge in [-0.3, -0.25) is 9.48 Å². The summed E-state index contributed by atoms with van der Waals surface area (Å²) >= 11 is 0. The van der Waals surface area contributed by atoms with Crippen LogP contribution in [0, 0.1) is 5.92 Å². The van der Waals surface area contributed by atoms with Crippen LogP contribution in [-0.2, 0) is 24.7 Å². The number of aryl methyl sites for hydroxylation is 2. The van der Waals surface area contributed by atoms with Crippen molar-refractivity contribution >= 4 is 11.4 Å². The van der Waals surface area contributed by atoms with Crippen molar-refractivity contribution in [3.63, 3.8) is 0 Å². The first-order valence-electron chi connectivity index (χ1n) is 15.1. The molecule has 1 unspecified atom stereocenters. The van der Waals surface area contributed by atoms with E-state index in [1.807, 2.05) is 24.0 Å². The van der Waals surface area contributed by atoms with E-state index < -0.39 is 0 Å². The number of unbranched alkanes of at least 4 members (excludes halogenated alkanes) is 4. The third-order valence-corrected chi connectivity index (χ3v) is 8.37. The van der Waals surface area contributed by atoms with Gasteiger partial charge >= 0.3 is 0 Å². The number of Topliss-reactive ketones (excluding diaryl/α,β-unsaturated/α-hetero) is 1. The molecule has 0 saturated carbocycles. The number of carbonyl (C=O) groups is 1. The van der Waals surface area contributed by atoms with Crippen LogP contribution >= 0.6 is 0 Å². The van der Waals surface area contributed by atoms with Crippen molar-refractivity contribution in [2.75, 3.05) is 0 Å². The number of hydrogen-bond acceptors (Lipinski definition) is 2. The molecule has 0 bridgehead atoms. The minimum Gasteiger partial charge on any atom is -0.293 e. The van der Waals surface area contributed by atoms with E-state index in [2.05, 4.69) is 91.8 Å². The molecule has 2 aliphatic carbocycles. The number of aromatic nitrogens is 2. The average Bonchev–Trinajstić information content (AvgIpc) is 3.30. The zero-order valence-electron chi connectivity index (χ0n) is 24.3. The lowest BCUT2D eigenvalue weighted by Gasteiger charge is -2.26. The van der Waals surface area contributed by atoms with Crippen LogP contribution in [0.1, 0.15) is 75.5 Å². The number of benzene rings is 2. The van der Waals surface area contributed by atoms with E-state index in [9.17, 15) is 4.79 Å². The third-order valence-electron chi connectivity index (χ3n) is 8.37. The Morgan fingerprint density at radius 2 is 1.55 bits per heavy atom. The van der Waals surface area contributed by atoms with Crippen molar-refractivity contribution < 1.29 is 4.79 Å². The van der Waals surface area contributed by atoms with Crippen LogP contribution < -0.4 is 0 Å². The number of fused-ring (bicyclic) bond motifs is 1. The molecule has 0 amide bonds. The molecule has 0 N–H and O–H groups in total. The summed E-state index contributed by atoms with van der Waals surface area (Å²) in [6.07, 6.45) is 21.2. The molecule has 0 spiro atoms. The van der Waals surface area contributed by atoms with Crippen LogP contribution in [0.2, 0.25) is 0 Å². The number of ketones is 1.